The first-order valence-corrected chi connectivity index (χ1v) is 10.8. The van der Waals surface area contributed by atoms with Crippen molar-refractivity contribution in [2.45, 2.75) is 38.5 Å². The van der Waals surface area contributed by atoms with E-state index >= 15 is 0 Å². The van der Waals surface area contributed by atoms with Gasteiger partial charge in [-0.3, -0.25) is 0 Å². The molecule has 2 aromatic carbocycles. The zero-order valence-corrected chi connectivity index (χ0v) is 18.6. The van der Waals surface area contributed by atoms with Crippen LogP contribution in [-0.4, -0.2) is 7.11 Å². The number of allylic oxidation sites excluding steroid dienone is 5. The molecule has 4 heteroatoms. The molecule has 0 amide bonds. The highest BCUT2D eigenvalue weighted by Crippen LogP contribution is 2.39. The summed E-state index contributed by atoms with van der Waals surface area (Å²) in [7, 11) is 1.42. The molecule has 0 heterocycles. The van der Waals surface area contributed by atoms with Crippen molar-refractivity contribution in [3.05, 3.63) is 108 Å². The number of aryl methyl sites for hydroxylation is 1. The van der Waals surface area contributed by atoms with Crippen molar-refractivity contribution < 1.29 is 17.9 Å². The molecule has 0 atom stereocenters. The lowest BCUT2D eigenvalue weighted by Crippen LogP contribution is -2.13. The Kier molecular flexibility index (Phi) is 7.79. The van der Waals surface area contributed by atoms with Gasteiger partial charge < -0.3 is 4.74 Å². The highest BCUT2D eigenvalue weighted by molar-refractivity contribution is 5.65. The van der Waals surface area contributed by atoms with Crippen LogP contribution in [0.5, 0.6) is 0 Å². The van der Waals surface area contributed by atoms with Gasteiger partial charge in [-0.05, 0) is 55.6 Å². The van der Waals surface area contributed by atoms with Gasteiger partial charge in [0.2, 0.25) is 0 Å². The van der Waals surface area contributed by atoms with Gasteiger partial charge in [0.1, 0.15) is 11.6 Å². The van der Waals surface area contributed by atoms with Crippen molar-refractivity contribution in [2.75, 3.05) is 7.11 Å². The molecule has 0 aromatic heterocycles. The average Bonchev–Trinajstić information content (AvgIpc) is 2.80. The summed E-state index contributed by atoms with van der Waals surface area (Å²) in [6.07, 6.45) is 7.95. The zero-order chi connectivity index (χ0) is 23.3. The van der Waals surface area contributed by atoms with Crippen LogP contribution in [0.25, 0.3) is 11.1 Å². The summed E-state index contributed by atoms with van der Waals surface area (Å²) in [6, 6.07) is 10.8. The summed E-state index contributed by atoms with van der Waals surface area (Å²) in [6.45, 7) is 9.25. The maximum Gasteiger partial charge on any atom is 0.166 e. The van der Waals surface area contributed by atoms with E-state index in [0.29, 0.717) is 11.1 Å². The van der Waals surface area contributed by atoms with Crippen molar-refractivity contribution in [1.82, 2.24) is 0 Å². The van der Waals surface area contributed by atoms with Crippen LogP contribution in [0.3, 0.4) is 0 Å². The Morgan fingerprint density at radius 1 is 0.969 bits per heavy atom. The summed E-state index contributed by atoms with van der Waals surface area (Å²) in [5, 5.41) is 0. The van der Waals surface area contributed by atoms with Crippen LogP contribution in [0.15, 0.2) is 84.9 Å². The summed E-state index contributed by atoms with van der Waals surface area (Å²) in [4.78, 5) is 0. The molecule has 168 valence electrons. The second-order valence-corrected chi connectivity index (χ2v) is 8.36. The topological polar surface area (TPSA) is 9.23 Å². The molecule has 0 aliphatic heterocycles. The Morgan fingerprint density at radius 2 is 1.62 bits per heavy atom. The molecule has 0 N–H and O–H groups in total. The average molecular weight is 439 g/mol. The third-order valence-electron chi connectivity index (χ3n) is 6.11. The first-order valence-electron chi connectivity index (χ1n) is 10.8. The molecule has 32 heavy (non-hydrogen) atoms. The van der Waals surface area contributed by atoms with Gasteiger partial charge in [0.15, 0.2) is 11.6 Å². The van der Waals surface area contributed by atoms with E-state index in [-0.39, 0.29) is 28.7 Å². The molecule has 0 unspecified atom stereocenters. The summed E-state index contributed by atoms with van der Waals surface area (Å²) < 4.78 is 48.6. The molecule has 0 bridgehead atoms. The smallest absolute Gasteiger partial charge is 0.166 e. The lowest BCUT2D eigenvalue weighted by molar-refractivity contribution is 0.307. The van der Waals surface area contributed by atoms with Crippen molar-refractivity contribution in [1.29, 1.82) is 0 Å². The minimum atomic E-state index is -0.787. The Hall–Kier alpha value is -3.01. The van der Waals surface area contributed by atoms with E-state index in [9.17, 15) is 13.2 Å². The molecule has 0 radical (unpaired) electrons. The number of methoxy groups -OCH3 is 1. The summed E-state index contributed by atoms with van der Waals surface area (Å²) >= 11 is 0. The fraction of sp³-hybridized carbons (Fsp3) is 0.286. The highest BCUT2D eigenvalue weighted by Gasteiger charge is 2.25. The molecule has 1 fully saturated rings. The normalized spacial score (nSPS) is 19.2. The third-order valence-corrected chi connectivity index (χ3v) is 6.11. The Labute approximate surface area is 188 Å². The number of benzene rings is 2. The fourth-order valence-corrected chi connectivity index (χ4v) is 4.08. The standard InChI is InChI=1S/C28H29F3O/c1-18-5-11-22(12-6-18)24-15-16-25(28(31)27(24)30)23-13-9-21(10-14-23)8-7-19(2)26(29)17-20(3)32-4/h5-8,11-12,15-17,21,23H,2-3,9-10,13-14H2,1,4H3/b8-7+,26-17+. The Bertz CT molecular complexity index is 1040. The van der Waals surface area contributed by atoms with Crippen LogP contribution in [0.4, 0.5) is 13.2 Å². The quantitative estimate of drug-likeness (QED) is 0.312. The van der Waals surface area contributed by atoms with Crippen LogP contribution in [0, 0.1) is 24.5 Å². The number of hydrogen-bond donors (Lipinski definition) is 0. The maximum atomic E-state index is 14.9. The van der Waals surface area contributed by atoms with E-state index in [0.717, 1.165) is 31.2 Å². The maximum absolute atomic E-state index is 14.9. The van der Waals surface area contributed by atoms with Gasteiger partial charge in [0, 0.05) is 17.2 Å². The molecule has 3 rings (SSSR count). The third kappa shape index (κ3) is 5.61. The molecule has 1 aliphatic carbocycles. The number of ether oxygens (including phenoxy) is 1. The minimum Gasteiger partial charge on any atom is -0.497 e. The Morgan fingerprint density at radius 3 is 2.25 bits per heavy atom. The van der Waals surface area contributed by atoms with Crippen molar-refractivity contribution in [2.24, 2.45) is 5.92 Å². The van der Waals surface area contributed by atoms with E-state index in [2.05, 4.69) is 13.2 Å². The number of hydrogen-bond acceptors (Lipinski definition) is 1. The molecule has 1 aliphatic rings. The molecular formula is C28H29F3O. The predicted octanol–water partition coefficient (Wildman–Crippen LogP) is 8.34. The molecule has 1 saturated carbocycles. The lowest BCUT2D eigenvalue weighted by Gasteiger charge is -2.27. The van der Waals surface area contributed by atoms with Gasteiger partial charge in [-0.1, -0.05) is 67.3 Å². The predicted molar refractivity (Wildman–Crippen MR) is 125 cm³/mol. The molecule has 0 saturated heterocycles. The van der Waals surface area contributed by atoms with Gasteiger partial charge >= 0.3 is 0 Å². The highest BCUT2D eigenvalue weighted by atomic mass is 19.2. The number of rotatable bonds is 7. The fourth-order valence-electron chi connectivity index (χ4n) is 4.08. The molecule has 1 nitrogen and oxygen atoms in total. The van der Waals surface area contributed by atoms with E-state index < -0.39 is 17.5 Å². The van der Waals surface area contributed by atoms with Crippen LogP contribution >= 0.6 is 0 Å². The van der Waals surface area contributed by atoms with Gasteiger partial charge in [0.25, 0.3) is 0 Å². The van der Waals surface area contributed by atoms with E-state index in [1.807, 2.05) is 25.1 Å². The van der Waals surface area contributed by atoms with Crippen molar-refractivity contribution in [3.63, 3.8) is 0 Å². The number of halogens is 3. The SMILES string of the molecule is C=C(/C=C(/F)C(=C)/C=C/C1CCC(c2ccc(-c3ccc(C)cc3)c(F)c2F)CC1)OC. The second-order valence-electron chi connectivity index (χ2n) is 8.36. The first kappa shape index (κ1) is 23.6. The van der Waals surface area contributed by atoms with Crippen LogP contribution < -0.4 is 0 Å². The van der Waals surface area contributed by atoms with Crippen molar-refractivity contribution >= 4 is 0 Å². The van der Waals surface area contributed by atoms with Gasteiger partial charge in [0.05, 0.1) is 7.11 Å². The Balaban J connectivity index is 1.64. The second kappa shape index (κ2) is 10.5. The van der Waals surface area contributed by atoms with Gasteiger partial charge in [-0.25, -0.2) is 13.2 Å². The van der Waals surface area contributed by atoms with E-state index in [1.165, 1.54) is 13.2 Å². The van der Waals surface area contributed by atoms with Crippen LogP contribution in [0.1, 0.15) is 42.7 Å². The molecule has 0 spiro atoms. The van der Waals surface area contributed by atoms with Crippen LogP contribution in [-0.2, 0) is 4.74 Å². The molecular weight excluding hydrogens is 409 g/mol. The van der Waals surface area contributed by atoms with Crippen molar-refractivity contribution in [3.8, 4) is 11.1 Å². The van der Waals surface area contributed by atoms with E-state index in [1.54, 1.807) is 30.3 Å². The molecule has 2 aromatic rings. The summed E-state index contributed by atoms with van der Waals surface area (Å²) in [5.74, 6) is -1.58. The zero-order valence-electron chi connectivity index (χ0n) is 18.6. The van der Waals surface area contributed by atoms with Gasteiger partial charge in [-0.15, -0.1) is 0 Å². The summed E-state index contributed by atoms with van der Waals surface area (Å²) in [5.41, 5.74) is 2.72. The lowest BCUT2D eigenvalue weighted by atomic mass is 9.78. The van der Waals surface area contributed by atoms with E-state index in [4.69, 9.17) is 4.74 Å². The largest absolute Gasteiger partial charge is 0.497 e. The monoisotopic (exact) mass is 438 g/mol. The van der Waals surface area contributed by atoms with Gasteiger partial charge in [-0.2, -0.15) is 0 Å². The van der Waals surface area contributed by atoms with Crippen LogP contribution in [0.2, 0.25) is 0 Å². The minimum absolute atomic E-state index is 0.0221. The first-order chi connectivity index (χ1) is 15.3.